The van der Waals surface area contributed by atoms with Crippen LogP contribution in [0.15, 0.2) is 24.7 Å². The first-order valence-electron chi connectivity index (χ1n) is 5.02. The topological polar surface area (TPSA) is 95.9 Å². The number of hydrogen-bond acceptors (Lipinski definition) is 6. The van der Waals surface area contributed by atoms with Gasteiger partial charge >= 0.3 is 5.97 Å². The summed E-state index contributed by atoms with van der Waals surface area (Å²) < 4.78 is 6.26. The van der Waals surface area contributed by atoms with E-state index in [0.29, 0.717) is 18.0 Å². The van der Waals surface area contributed by atoms with Crippen molar-refractivity contribution < 1.29 is 9.53 Å². The summed E-state index contributed by atoms with van der Waals surface area (Å²) in [6.07, 6.45) is 2.94. The Morgan fingerprint density at radius 3 is 3.00 bits per heavy atom. The van der Waals surface area contributed by atoms with Crippen molar-refractivity contribution in [3.05, 3.63) is 30.2 Å². The van der Waals surface area contributed by atoms with Gasteiger partial charge in [-0.3, -0.25) is 0 Å². The Balaban J connectivity index is 2.44. The van der Waals surface area contributed by atoms with Gasteiger partial charge < -0.3 is 10.5 Å². The molecular formula is C10H11N5O2. The van der Waals surface area contributed by atoms with Gasteiger partial charge in [-0.15, -0.1) is 5.10 Å². The van der Waals surface area contributed by atoms with Crippen LogP contribution in [0, 0.1) is 0 Å². The quantitative estimate of drug-likeness (QED) is 0.772. The van der Waals surface area contributed by atoms with Crippen molar-refractivity contribution in [1.29, 1.82) is 0 Å². The van der Waals surface area contributed by atoms with E-state index in [1.54, 1.807) is 25.3 Å². The maximum absolute atomic E-state index is 11.7. The number of anilines is 1. The largest absolute Gasteiger partial charge is 0.462 e. The van der Waals surface area contributed by atoms with E-state index < -0.39 is 5.97 Å². The van der Waals surface area contributed by atoms with Crippen LogP contribution in [0.4, 0.5) is 5.95 Å². The second-order valence-corrected chi connectivity index (χ2v) is 3.14. The average molecular weight is 233 g/mol. The third-order valence-corrected chi connectivity index (χ3v) is 2.01. The van der Waals surface area contributed by atoms with E-state index in [1.165, 1.54) is 11.0 Å². The van der Waals surface area contributed by atoms with Crippen LogP contribution in [0.3, 0.4) is 0 Å². The molecule has 0 spiro atoms. The van der Waals surface area contributed by atoms with Crippen molar-refractivity contribution in [3.63, 3.8) is 0 Å². The highest BCUT2D eigenvalue weighted by atomic mass is 16.5. The molecule has 7 heteroatoms. The van der Waals surface area contributed by atoms with Gasteiger partial charge in [-0.25, -0.2) is 14.8 Å². The zero-order chi connectivity index (χ0) is 12.3. The van der Waals surface area contributed by atoms with Crippen LogP contribution in [-0.4, -0.2) is 32.3 Å². The van der Waals surface area contributed by atoms with Gasteiger partial charge in [0.15, 0.2) is 5.82 Å². The van der Waals surface area contributed by atoms with Crippen molar-refractivity contribution in [2.24, 2.45) is 0 Å². The number of esters is 1. The fraction of sp³-hybridized carbons (Fsp3) is 0.200. The second kappa shape index (κ2) is 4.60. The summed E-state index contributed by atoms with van der Waals surface area (Å²) in [6, 6.07) is 3.26. The smallest absolute Gasteiger partial charge is 0.341 e. The lowest BCUT2D eigenvalue weighted by Crippen LogP contribution is -2.11. The number of aromatic nitrogens is 4. The van der Waals surface area contributed by atoms with Crippen LogP contribution >= 0.6 is 0 Å². The molecule has 0 unspecified atom stereocenters. The first kappa shape index (κ1) is 11.1. The minimum absolute atomic E-state index is 0.116. The Labute approximate surface area is 97.2 Å². The fourth-order valence-corrected chi connectivity index (χ4v) is 1.33. The summed E-state index contributed by atoms with van der Waals surface area (Å²) in [4.78, 5) is 19.5. The van der Waals surface area contributed by atoms with Crippen molar-refractivity contribution >= 4 is 11.9 Å². The van der Waals surface area contributed by atoms with Gasteiger partial charge in [-0.2, -0.15) is 4.68 Å². The second-order valence-electron chi connectivity index (χ2n) is 3.14. The minimum atomic E-state index is -0.454. The van der Waals surface area contributed by atoms with Crippen molar-refractivity contribution in [2.45, 2.75) is 6.92 Å². The van der Waals surface area contributed by atoms with Crippen molar-refractivity contribution in [3.8, 4) is 5.82 Å². The Bertz CT molecular complexity index is 537. The molecule has 0 saturated heterocycles. The third-order valence-electron chi connectivity index (χ3n) is 2.01. The molecule has 17 heavy (non-hydrogen) atoms. The molecule has 2 rings (SSSR count). The number of hydrogen-bond donors (Lipinski definition) is 1. The first-order valence-corrected chi connectivity index (χ1v) is 5.02. The number of rotatable bonds is 3. The molecule has 0 atom stereocenters. The van der Waals surface area contributed by atoms with Gasteiger partial charge in [0.2, 0.25) is 5.95 Å². The number of carbonyl (C=O) groups excluding carboxylic acids is 1. The zero-order valence-corrected chi connectivity index (χ0v) is 9.20. The fourth-order valence-electron chi connectivity index (χ4n) is 1.33. The molecule has 0 aromatic carbocycles. The number of nitrogens with zero attached hydrogens (tertiary/aromatic N) is 4. The maximum Gasteiger partial charge on any atom is 0.341 e. The van der Waals surface area contributed by atoms with E-state index in [0.717, 1.165) is 0 Å². The monoisotopic (exact) mass is 233 g/mol. The van der Waals surface area contributed by atoms with E-state index in [9.17, 15) is 4.79 Å². The summed E-state index contributed by atoms with van der Waals surface area (Å²) in [7, 11) is 0. The maximum atomic E-state index is 11.7. The Morgan fingerprint density at radius 1 is 1.53 bits per heavy atom. The van der Waals surface area contributed by atoms with Crippen molar-refractivity contribution in [2.75, 3.05) is 12.3 Å². The van der Waals surface area contributed by atoms with Crippen LogP contribution in [0.1, 0.15) is 17.3 Å². The molecular weight excluding hydrogens is 222 g/mol. The molecule has 0 aliphatic carbocycles. The normalized spacial score (nSPS) is 10.2. The van der Waals surface area contributed by atoms with E-state index in [2.05, 4.69) is 15.1 Å². The Hall–Kier alpha value is -2.44. The Kier molecular flexibility index (Phi) is 2.99. The third kappa shape index (κ3) is 2.22. The van der Waals surface area contributed by atoms with Crippen molar-refractivity contribution in [1.82, 2.24) is 19.7 Å². The van der Waals surface area contributed by atoms with Gasteiger partial charge in [0.1, 0.15) is 11.9 Å². The summed E-state index contributed by atoms with van der Waals surface area (Å²) >= 11 is 0. The molecule has 0 amide bonds. The molecule has 0 aliphatic heterocycles. The van der Waals surface area contributed by atoms with Gasteiger partial charge in [-0.1, -0.05) is 0 Å². The lowest BCUT2D eigenvalue weighted by molar-refractivity contribution is 0.0525. The van der Waals surface area contributed by atoms with E-state index in [-0.39, 0.29) is 5.95 Å². The highest BCUT2D eigenvalue weighted by Crippen LogP contribution is 2.11. The number of nitrogen functional groups attached to an aromatic ring is 1. The predicted molar refractivity (Wildman–Crippen MR) is 59.5 cm³/mol. The standard InChI is InChI=1S/C10H11N5O2/c1-2-17-9(16)7-4-3-5-12-8(7)15-6-13-10(11)14-15/h3-6H,2H2,1H3,(H2,11,14). The molecule has 0 fully saturated rings. The van der Waals surface area contributed by atoms with Crippen LogP contribution in [0.25, 0.3) is 5.82 Å². The van der Waals surface area contributed by atoms with Gasteiger partial charge in [0.05, 0.1) is 6.61 Å². The van der Waals surface area contributed by atoms with E-state index >= 15 is 0 Å². The number of ether oxygens (including phenoxy) is 1. The highest BCUT2D eigenvalue weighted by molar-refractivity contribution is 5.92. The number of pyridine rings is 1. The summed E-state index contributed by atoms with van der Waals surface area (Å²) in [6.45, 7) is 2.04. The molecule has 2 heterocycles. The molecule has 0 bridgehead atoms. The lowest BCUT2D eigenvalue weighted by atomic mass is 10.2. The summed E-state index contributed by atoms with van der Waals surface area (Å²) in [5, 5.41) is 3.90. The molecule has 88 valence electrons. The van der Waals surface area contributed by atoms with Crippen LogP contribution in [0.2, 0.25) is 0 Å². The number of nitrogens with two attached hydrogens (primary N) is 1. The molecule has 7 nitrogen and oxygen atoms in total. The summed E-state index contributed by atoms with van der Waals surface area (Å²) in [5.74, 6) is 0.00489. The van der Waals surface area contributed by atoms with Crippen LogP contribution < -0.4 is 5.73 Å². The predicted octanol–water partition coefficient (Wildman–Crippen LogP) is 0.421. The molecule has 0 saturated carbocycles. The zero-order valence-electron chi connectivity index (χ0n) is 9.20. The first-order chi connectivity index (χ1) is 8.22. The lowest BCUT2D eigenvalue weighted by Gasteiger charge is -2.06. The minimum Gasteiger partial charge on any atom is -0.462 e. The molecule has 2 N–H and O–H groups in total. The number of carbonyl (C=O) groups is 1. The van der Waals surface area contributed by atoms with Gasteiger partial charge in [0, 0.05) is 6.20 Å². The van der Waals surface area contributed by atoms with E-state index in [1.807, 2.05) is 0 Å². The van der Waals surface area contributed by atoms with Gasteiger partial charge in [-0.05, 0) is 19.1 Å². The SMILES string of the molecule is CCOC(=O)c1cccnc1-n1cnc(N)n1. The summed E-state index contributed by atoms with van der Waals surface area (Å²) in [5.41, 5.74) is 5.73. The molecule has 0 radical (unpaired) electrons. The molecule has 0 aliphatic rings. The Morgan fingerprint density at radius 2 is 2.35 bits per heavy atom. The highest BCUT2D eigenvalue weighted by Gasteiger charge is 2.15. The molecule has 2 aromatic heterocycles. The van der Waals surface area contributed by atoms with Crippen LogP contribution in [0.5, 0.6) is 0 Å². The molecule has 2 aromatic rings. The van der Waals surface area contributed by atoms with Gasteiger partial charge in [0.25, 0.3) is 0 Å². The average Bonchev–Trinajstić information content (AvgIpc) is 2.76. The van der Waals surface area contributed by atoms with E-state index in [4.69, 9.17) is 10.5 Å². The van der Waals surface area contributed by atoms with Crippen LogP contribution in [-0.2, 0) is 4.74 Å².